The van der Waals surface area contributed by atoms with Crippen LogP contribution in [0.4, 0.5) is 0 Å². The molecule has 0 radical (unpaired) electrons. The highest BCUT2D eigenvalue weighted by Gasteiger charge is 2.57. The third-order valence-corrected chi connectivity index (χ3v) is 6.72. The molecule has 3 atom stereocenters. The van der Waals surface area contributed by atoms with Crippen molar-refractivity contribution in [2.45, 2.75) is 36.7 Å². The van der Waals surface area contributed by atoms with Crippen molar-refractivity contribution in [2.24, 2.45) is 0 Å². The summed E-state index contributed by atoms with van der Waals surface area (Å²) in [4.78, 5) is 15.4. The fourth-order valence-electron chi connectivity index (χ4n) is 5.04. The highest BCUT2D eigenvalue weighted by Crippen LogP contribution is 2.49. The Morgan fingerprint density at radius 1 is 0.935 bits per heavy atom. The number of halogens is 1. The standard InChI is InChI=1S/C26H24ClNO3/c27-21-15-13-18(14-16-21)23(29)24-25(30)28-17-7-12-22(28)26(31-24,19-8-3-1-4-9-19)20-10-5-2-6-11-20/h1-6,8-11,13-16,22-24,29H,7,12,17H2/t22-,23-,24-/m0/s1. The maximum atomic E-state index is 13.5. The minimum Gasteiger partial charge on any atom is -0.385 e. The Morgan fingerprint density at radius 3 is 2.10 bits per heavy atom. The molecule has 0 bridgehead atoms. The molecule has 158 valence electrons. The fourth-order valence-corrected chi connectivity index (χ4v) is 5.17. The first-order valence-corrected chi connectivity index (χ1v) is 11.0. The number of carbonyl (C=O) groups excluding carboxylic acids is 1. The van der Waals surface area contributed by atoms with Crippen molar-refractivity contribution in [3.05, 3.63) is 107 Å². The summed E-state index contributed by atoms with van der Waals surface area (Å²) in [5.74, 6) is -0.160. The van der Waals surface area contributed by atoms with Crippen LogP contribution >= 0.6 is 11.6 Å². The number of hydrogen-bond donors (Lipinski definition) is 1. The fraction of sp³-hybridized carbons (Fsp3) is 0.269. The number of rotatable bonds is 4. The van der Waals surface area contributed by atoms with E-state index < -0.39 is 17.8 Å². The first kappa shape index (κ1) is 20.3. The number of hydrogen-bond acceptors (Lipinski definition) is 3. The van der Waals surface area contributed by atoms with Crippen LogP contribution in [0.3, 0.4) is 0 Å². The number of morpholine rings is 1. The van der Waals surface area contributed by atoms with Crippen LogP contribution in [0.25, 0.3) is 0 Å². The van der Waals surface area contributed by atoms with E-state index in [9.17, 15) is 9.90 Å². The predicted molar refractivity (Wildman–Crippen MR) is 120 cm³/mol. The van der Waals surface area contributed by atoms with Gasteiger partial charge in [-0.2, -0.15) is 0 Å². The molecule has 4 nitrogen and oxygen atoms in total. The van der Waals surface area contributed by atoms with Gasteiger partial charge in [-0.15, -0.1) is 0 Å². The quantitative estimate of drug-likeness (QED) is 0.648. The van der Waals surface area contributed by atoms with Crippen molar-refractivity contribution in [2.75, 3.05) is 6.54 Å². The number of fused-ring (bicyclic) bond motifs is 1. The van der Waals surface area contributed by atoms with Gasteiger partial charge >= 0.3 is 0 Å². The molecule has 0 spiro atoms. The van der Waals surface area contributed by atoms with Gasteiger partial charge in [0.25, 0.3) is 5.91 Å². The molecule has 3 aromatic carbocycles. The number of benzene rings is 3. The third-order valence-electron chi connectivity index (χ3n) is 6.46. The van der Waals surface area contributed by atoms with Gasteiger partial charge in [0.2, 0.25) is 0 Å². The molecular weight excluding hydrogens is 410 g/mol. The Morgan fingerprint density at radius 2 is 1.52 bits per heavy atom. The largest absolute Gasteiger partial charge is 0.385 e. The normalized spacial score (nSPS) is 23.4. The molecule has 31 heavy (non-hydrogen) atoms. The Bertz CT molecular complexity index is 1020. The van der Waals surface area contributed by atoms with E-state index >= 15 is 0 Å². The lowest BCUT2D eigenvalue weighted by molar-refractivity contribution is -0.204. The molecule has 3 aromatic rings. The number of nitrogens with zero attached hydrogens (tertiary/aromatic N) is 1. The smallest absolute Gasteiger partial charge is 0.255 e. The lowest BCUT2D eigenvalue weighted by Crippen LogP contribution is -2.62. The van der Waals surface area contributed by atoms with Crippen LogP contribution in [0, 0.1) is 0 Å². The van der Waals surface area contributed by atoms with Crippen molar-refractivity contribution >= 4 is 17.5 Å². The van der Waals surface area contributed by atoms with Gasteiger partial charge in [0.15, 0.2) is 6.10 Å². The summed E-state index contributed by atoms with van der Waals surface area (Å²) in [5, 5.41) is 11.8. The second-order valence-corrected chi connectivity index (χ2v) is 8.63. The molecule has 5 rings (SSSR count). The SMILES string of the molecule is O=C1[C@H]([C@@H](O)c2ccc(Cl)cc2)OC(c2ccccc2)(c2ccccc2)[C@@H]2CCCN12. The van der Waals surface area contributed by atoms with Gasteiger partial charge in [-0.3, -0.25) is 4.79 Å². The van der Waals surface area contributed by atoms with E-state index in [4.69, 9.17) is 16.3 Å². The summed E-state index contributed by atoms with van der Waals surface area (Å²) in [6, 6.07) is 26.9. The summed E-state index contributed by atoms with van der Waals surface area (Å²) in [6.07, 6.45) is -0.362. The van der Waals surface area contributed by atoms with E-state index in [-0.39, 0.29) is 11.9 Å². The molecule has 1 N–H and O–H groups in total. The number of ether oxygens (including phenoxy) is 1. The van der Waals surface area contributed by atoms with Crippen LogP contribution in [-0.2, 0) is 15.1 Å². The molecule has 0 unspecified atom stereocenters. The molecule has 2 aliphatic heterocycles. The van der Waals surface area contributed by atoms with Gasteiger partial charge in [0, 0.05) is 11.6 Å². The van der Waals surface area contributed by atoms with Crippen LogP contribution in [0.2, 0.25) is 5.02 Å². The van der Waals surface area contributed by atoms with E-state index in [1.165, 1.54) is 0 Å². The maximum Gasteiger partial charge on any atom is 0.255 e. The monoisotopic (exact) mass is 433 g/mol. The zero-order valence-corrected chi connectivity index (χ0v) is 17.8. The number of aliphatic hydroxyl groups excluding tert-OH is 1. The van der Waals surface area contributed by atoms with E-state index in [2.05, 4.69) is 0 Å². The molecule has 2 fully saturated rings. The van der Waals surface area contributed by atoms with Crippen molar-refractivity contribution in [3.8, 4) is 0 Å². The first-order valence-electron chi connectivity index (χ1n) is 10.6. The van der Waals surface area contributed by atoms with Crippen molar-refractivity contribution < 1.29 is 14.6 Å². The summed E-state index contributed by atoms with van der Waals surface area (Å²) in [5.41, 5.74) is 1.72. The second-order valence-electron chi connectivity index (χ2n) is 8.19. The third kappa shape index (κ3) is 3.35. The average molecular weight is 434 g/mol. The number of aliphatic hydroxyl groups is 1. The molecular formula is C26H24ClNO3. The molecule has 2 saturated heterocycles. The van der Waals surface area contributed by atoms with Gasteiger partial charge in [-0.05, 0) is 41.7 Å². The van der Waals surface area contributed by atoms with Gasteiger partial charge in [0.1, 0.15) is 11.7 Å². The van der Waals surface area contributed by atoms with Gasteiger partial charge in [-0.1, -0.05) is 84.4 Å². The van der Waals surface area contributed by atoms with Crippen LogP contribution in [0.1, 0.15) is 35.6 Å². The number of carbonyl (C=O) groups is 1. The average Bonchev–Trinajstić information content (AvgIpc) is 3.32. The van der Waals surface area contributed by atoms with Gasteiger partial charge in [-0.25, -0.2) is 0 Å². The van der Waals surface area contributed by atoms with Crippen LogP contribution < -0.4 is 0 Å². The first-order chi connectivity index (χ1) is 15.1. The predicted octanol–water partition coefficient (Wildman–Crippen LogP) is 4.71. The summed E-state index contributed by atoms with van der Waals surface area (Å²) in [6.45, 7) is 0.665. The molecule has 2 aliphatic rings. The molecule has 0 aliphatic carbocycles. The van der Waals surface area contributed by atoms with Crippen LogP contribution in [-0.4, -0.2) is 34.6 Å². The molecule has 1 amide bonds. The van der Waals surface area contributed by atoms with E-state index in [0.717, 1.165) is 24.0 Å². The minimum atomic E-state index is -1.10. The highest BCUT2D eigenvalue weighted by atomic mass is 35.5. The number of amides is 1. The van der Waals surface area contributed by atoms with Crippen molar-refractivity contribution in [3.63, 3.8) is 0 Å². The Labute approximate surface area is 187 Å². The zero-order valence-electron chi connectivity index (χ0n) is 17.0. The molecule has 5 heteroatoms. The summed E-state index contributed by atoms with van der Waals surface area (Å²) < 4.78 is 6.74. The molecule has 0 aromatic heterocycles. The van der Waals surface area contributed by atoms with Crippen LogP contribution in [0.5, 0.6) is 0 Å². The van der Waals surface area contributed by atoms with Crippen molar-refractivity contribution in [1.29, 1.82) is 0 Å². The Balaban J connectivity index is 1.66. The highest BCUT2D eigenvalue weighted by molar-refractivity contribution is 6.30. The van der Waals surface area contributed by atoms with E-state index in [1.807, 2.05) is 65.6 Å². The minimum absolute atomic E-state index is 0.126. The van der Waals surface area contributed by atoms with Crippen LogP contribution in [0.15, 0.2) is 84.9 Å². The topological polar surface area (TPSA) is 49.8 Å². The summed E-state index contributed by atoms with van der Waals surface area (Å²) in [7, 11) is 0. The zero-order chi connectivity index (χ0) is 21.4. The van der Waals surface area contributed by atoms with Gasteiger partial charge < -0.3 is 14.7 Å². The summed E-state index contributed by atoms with van der Waals surface area (Å²) >= 11 is 6.02. The van der Waals surface area contributed by atoms with Gasteiger partial charge in [0.05, 0.1) is 6.04 Å². The molecule has 2 heterocycles. The van der Waals surface area contributed by atoms with Crippen molar-refractivity contribution in [1.82, 2.24) is 4.90 Å². The Kier molecular flexibility index (Phi) is 5.30. The second kappa shape index (κ2) is 8.12. The Hall–Kier alpha value is -2.66. The maximum absolute atomic E-state index is 13.5. The lowest BCUT2D eigenvalue weighted by atomic mass is 9.77. The lowest BCUT2D eigenvalue weighted by Gasteiger charge is -2.51. The van der Waals surface area contributed by atoms with E-state index in [0.29, 0.717) is 17.1 Å². The molecule has 0 saturated carbocycles. The van der Waals surface area contributed by atoms with E-state index in [1.54, 1.807) is 24.3 Å².